The fourth-order valence-corrected chi connectivity index (χ4v) is 3.43. The van der Waals surface area contributed by atoms with Crippen LogP contribution in [-0.2, 0) is 14.3 Å². The molecule has 1 saturated heterocycles. The lowest BCUT2D eigenvalue weighted by molar-refractivity contribution is -0.128. The third-order valence-electron chi connectivity index (χ3n) is 5.09. The Labute approximate surface area is 216 Å². The summed E-state index contributed by atoms with van der Waals surface area (Å²) in [6.45, 7) is 4.18. The van der Waals surface area contributed by atoms with Crippen molar-refractivity contribution in [3.05, 3.63) is 40.7 Å². The molecule has 2 heterocycles. The summed E-state index contributed by atoms with van der Waals surface area (Å²) in [5, 5.41) is 20.0. The summed E-state index contributed by atoms with van der Waals surface area (Å²) in [6, 6.07) is 5.49. The largest absolute Gasteiger partial charge is 0.468 e. The number of rotatable bonds is 10. The zero-order chi connectivity index (χ0) is 26.2. The van der Waals surface area contributed by atoms with Crippen molar-refractivity contribution in [1.29, 1.82) is 5.41 Å². The fraction of sp³-hybridized carbons (Fsp3) is 0.400. The first-order chi connectivity index (χ1) is 17.5. The van der Waals surface area contributed by atoms with Gasteiger partial charge in [-0.15, -0.1) is 0 Å². The summed E-state index contributed by atoms with van der Waals surface area (Å²) in [6.07, 6.45) is 6.24. The molecule has 1 aromatic heterocycles. The minimum Gasteiger partial charge on any atom is -0.468 e. The molecule has 1 aliphatic rings. The van der Waals surface area contributed by atoms with Gasteiger partial charge in [0.2, 0.25) is 11.9 Å². The Morgan fingerprint density at radius 3 is 2.86 bits per heavy atom. The van der Waals surface area contributed by atoms with Gasteiger partial charge in [-0.1, -0.05) is 23.4 Å². The number of nitrogens with one attached hydrogen (secondary N) is 5. The number of ether oxygens (including phenoxy) is 1. The highest BCUT2D eigenvalue weighted by molar-refractivity contribution is 6.30. The quantitative estimate of drug-likeness (QED) is 0.107. The molecular weight excluding hydrogens is 482 g/mol. The molecule has 1 aliphatic heterocycles. The number of carbonyl (C=O) groups excluding carboxylic acids is 2. The van der Waals surface area contributed by atoms with Crippen LogP contribution in [0.4, 0.5) is 17.3 Å². The van der Waals surface area contributed by atoms with Crippen LogP contribution in [0.25, 0.3) is 0 Å². The predicted molar refractivity (Wildman–Crippen MR) is 142 cm³/mol. The van der Waals surface area contributed by atoms with Gasteiger partial charge in [0.15, 0.2) is 0 Å². The van der Waals surface area contributed by atoms with Gasteiger partial charge in [-0.25, -0.2) is 4.98 Å². The Kier molecular flexibility index (Phi) is 12.8. The summed E-state index contributed by atoms with van der Waals surface area (Å²) in [5.74, 6) is 6.47. The molecule has 11 heteroatoms. The van der Waals surface area contributed by atoms with E-state index in [0.717, 1.165) is 42.7 Å². The molecule has 0 bridgehead atoms. The number of amides is 1. The van der Waals surface area contributed by atoms with E-state index in [-0.39, 0.29) is 17.1 Å². The number of halogens is 1. The second-order valence-corrected chi connectivity index (χ2v) is 7.97. The van der Waals surface area contributed by atoms with E-state index in [1.807, 2.05) is 18.2 Å². The zero-order valence-electron chi connectivity index (χ0n) is 20.5. The zero-order valence-corrected chi connectivity index (χ0v) is 21.2. The minimum absolute atomic E-state index is 0.0482. The van der Waals surface area contributed by atoms with Gasteiger partial charge in [-0.05, 0) is 50.9 Å². The second-order valence-electron chi connectivity index (χ2n) is 7.62. The number of nitrogens with zero attached hydrogens (tertiary/aromatic N) is 2. The van der Waals surface area contributed by atoms with Crippen LogP contribution in [0.5, 0.6) is 0 Å². The van der Waals surface area contributed by atoms with Gasteiger partial charge in [-0.3, -0.25) is 9.59 Å². The number of hydrogen-bond acceptors (Lipinski definition) is 9. The molecule has 3 rings (SSSR count). The Hall–Kier alpha value is -3.68. The maximum atomic E-state index is 11.9. The molecule has 192 valence electrons. The van der Waals surface area contributed by atoms with Crippen LogP contribution in [-0.4, -0.2) is 61.3 Å². The van der Waals surface area contributed by atoms with Gasteiger partial charge >= 0.3 is 0 Å². The molecule has 1 fully saturated rings. The molecule has 2 aromatic rings. The molecule has 1 atom stereocenters. The summed E-state index contributed by atoms with van der Waals surface area (Å²) >= 11 is 6.26. The van der Waals surface area contributed by atoms with E-state index in [1.54, 1.807) is 20.2 Å². The molecule has 5 N–H and O–H groups in total. The van der Waals surface area contributed by atoms with E-state index in [1.165, 1.54) is 6.21 Å². The SMILES string of the molecule is CCOC=O.CNc1cc(Nc2ncc(C#CCCCNC(=O)[C@@H]3CCCN3)c(Cl)n2)ccc1C=N. The number of hydrogen-bond donors (Lipinski definition) is 5. The van der Waals surface area contributed by atoms with Gasteiger partial charge in [0.1, 0.15) is 5.15 Å². The Morgan fingerprint density at radius 2 is 2.25 bits per heavy atom. The monoisotopic (exact) mass is 513 g/mol. The molecule has 0 aliphatic carbocycles. The fourth-order valence-electron chi connectivity index (χ4n) is 3.26. The van der Waals surface area contributed by atoms with Gasteiger partial charge in [0.25, 0.3) is 6.47 Å². The maximum absolute atomic E-state index is 11.9. The first-order valence-corrected chi connectivity index (χ1v) is 12.1. The van der Waals surface area contributed by atoms with Crippen molar-refractivity contribution in [2.24, 2.45) is 0 Å². The molecular formula is C25H32ClN7O3. The van der Waals surface area contributed by atoms with Crippen molar-refractivity contribution >= 4 is 47.5 Å². The Bertz CT molecular complexity index is 1080. The Balaban J connectivity index is 0.000000830. The molecule has 36 heavy (non-hydrogen) atoms. The number of unbranched alkanes of at least 4 members (excludes halogenated alkanes) is 1. The third-order valence-corrected chi connectivity index (χ3v) is 5.38. The first-order valence-electron chi connectivity index (χ1n) is 11.7. The van der Waals surface area contributed by atoms with Crippen molar-refractivity contribution in [3.8, 4) is 11.8 Å². The van der Waals surface area contributed by atoms with Crippen LogP contribution >= 0.6 is 11.6 Å². The number of aromatic nitrogens is 2. The highest BCUT2D eigenvalue weighted by Gasteiger charge is 2.20. The van der Waals surface area contributed by atoms with Gasteiger partial charge in [0, 0.05) is 49.4 Å². The maximum Gasteiger partial charge on any atom is 0.293 e. The van der Waals surface area contributed by atoms with E-state index in [9.17, 15) is 9.59 Å². The van der Waals surface area contributed by atoms with Crippen LogP contribution in [0.15, 0.2) is 24.4 Å². The third kappa shape index (κ3) is 9.52. The average molecular weight is 514 g/mol. The van der Waals surface area contributed by atoms with Gasteiger partial charge < -0.3 is 31.4 Å². The lowest BCUT2D eigenvalue weighted by atomic mass is 10.1. The first kappa shape index (κ1) is 28.6. The van der Waals surface area contributed by atoms with E-state index >= 15 is 0 Å². The number of carbonyl (C=O) groups is 2. The molecule has 0 unspecified atom stereocenters. The number of anilines is 3. The van der Waals surface area contributed by atoms with E-state index in [0.29, 0.717) is 37.6 Å². The summed E-state index contributed by atoms with van der Waals surface area (Å²) in [5.41, 5.74) is 2.94. The summed E-state index contributed by atoms with van der Waals surface area (Å²) in [4.78, 5) is 29.6. The smallest absolute Gasteiger partial charge is 0.293 e. The minimum atomic E-state index is -0.0482. The molecule has 0 saturated carbocycles. The van der Waals surface area contributed by atoms with Crippen molar-refractivity contribution in [1.82, 2.24) is 20.6 Å². The van der Waals surface area contributed by atoms with Gasteiger partial charge in [-0.2, -0.15) is 4.98 Å². The van der Waals surface area contributed by atoms with Crippen molar-refractivity contribution in [3.63, 3.8) is 0 Å². The Morgan fingerprint density at radius 1 is 1.42 bits per heavy atom. The van der Waals surface area contributed by atoms with Crippen LogP contribution in [0.3, 0.4) is 0 Å². The van der Waals surface area contributed by atoms with Crippen LogP contribution in [0.1, 0.15) is 43.7 Å². The highest BCUT2D eigenvalue weighted by Crippen LogP contribution is 2.22. The summed E-state index contributed by atoms with van der Waals surface area (Å²) in [7, 11) is 1.80. The highest BCUT2D eigenvalue weighted by atomic mass is 35.5. The molecule has 1 amide bonds. The van der Waals surface area contributed by atoms with Crippen LogP contribution in [0, 0.1) is 17.3 Å². The lowest BCUT2D eigenvalue weighted by Gasteiger charge is -2.10. The predicted octanol–water partition coefficient (Wildman–Crippen LogP) is 3.09. The number of benzene rings is 1. The summed E-state index contributed by atoms with van der Waals surface area (Å²) < 4.78 is 4.15. The second kappa shape index (κ2) is 16.1. The van der Waals surface area contributed by atoms with Crippen molar-refractivity contribution in [2.75, 3.05) is 37.4 Å². The molecule has 0 spiro atoms. The van der Waals surface area contributed by atoms with Gasteiger partial charge in [0.05, 0.1) is 18.2 Å². The van der Waals surface area contributed by atoms with E-state index in [4.69, 9.17) is 17.0 Å². The molecule has 0 radical (unpaired) electrons. The molecule has 10 nitrogen and oxygen atoms in total. The molecule has 1 aromatic carbocycles. The van der Waals surface area contributed by atoms with Crippen molar-refractivity contribution in [2.45, 2.75) is 38.6 Å². The van der Waals surface area contributed by atoms with Crippen molar-refractivity contribution < 1.29 is 14.3 Å². The standard InChI is InChI=1S/C22H26ClN7O.C3H6O2/c1-25-19-12-17(9-8-15(19)13-24)29-22-28-14-16(20(23)30-22)6-3-2-4-10-27-21(31)18-7-5-11-26-18;1-2-5-3-4/h8-9,12-14,18,24-26H,2,4-5,7,10-11H2,1H3,(H,27,31)(H,28,29,30);3H,2H2,1H3/t18-;/m0./s1. The topological polar surface area (TPSA) is 141 Å². The van der Waals surface area contributed by atoms with Crippen LogP contribution in [0.2, 0.25) is 5.15 Å². The normalized spacial score (nSPS) is 13.8. The van der Waals surface area contributed by atoms with Crippen LogP contribution < -0.4 is 21.3 Å². The lowest BCUT2D eigenvalue weighted by Crippen LogP contribution is -2.40. The van der Waals surface area contributed by atoms with E-state index in [2.05, 4.69) is 47.8 Å². The van der Waals surface area contributed by atoms with E-state index < -0.39 is 0 Å². The average Bonchev–Trinajstić information content (AvgIpc) is 3.43.